The number of rotatable bonds is 7. The van der Waals surface area contributed by atoms with Gasteiger partial charge in [-0.3, -0.25) is 0 Å². The summed E-state index contributed by atoms with van der Waals surface area (Å²) in [5.74, 6) is 0. The Balaban J connectivity index is 1.05. The molecule has 0 bridgehead atoms. The summed E-state index contributed by atoms with van der Waals surface area (Å²) in [6.07, 6.45) is 4.92. The van der Waals surface area contributed by atoms with E-state index < -0.39 is 0 Å². The first-order valence-electron chi connectivity index (χ1n) is 22.1. The van der Waals surface area contributed by atoms with Crippen LogP contribution in [0, 0.1) is 0 Å². The van der Waals surface area contributed by atoms with Crippen molar-refractivity contribution in [2.24, 2.45) is 0 Å². The number of benzene rings is 10. The molecule has 0 aromatic heterocycles. The van der Waals surface area contributed by atoms with E-state index in [0.717, 1.165) is 11.4 Å². The Morgan fingerprint density at radius 1 is 0.323 bits per heavy atom. The van der Waals surface area contributed by atoms with Gasteiger partial charge < -0.3 is 4.90 Å². The topological polar surface area (TPSA) is 3.24 Å². The van der Waals surface area contributed by atoms with Crippen molar-refractivity contribution in [1.29, 1.82) is 0 Å². The van der Waals surface area contributed by atoms with Crippen LogP contribution in [0.15, 0.2) is 224 Å². The minimum absolute atomic E-state index is 0.0616. The molecule has 1 nitrogen and oxygen atoms in total. The van der Waals surface area contributed by atoms with Crippen LogP contribution in [-0.4, -0.2) is 0 Å². The number of para-hydroxylation sites is 1. The predicted octanol–water partition coefficient (Wildman–Crippen LogP) is 17.0. The lowest BCUT2D eigenvalue weighted by Gasteiger charge is -2.31. The van der Waals surface area contributed by atoms with Gasteiger partial charge in [-0.2, -0.15) is 0 Å². The molecule has 294 valence electrons. The largest absolute Gasteiger partial charge is 0.309 e. The van der Waals surface area contributed by atoms with Gasteiger partial charge in [-0.1, -0.05) is 207 Å². The number of anilines is 3. The molecule has 0 heterocycles. The fourth-order valence-corrected chi connectivity index (χ4v) is 11.0. The van der Waals surface area contributed by atoms with Crippen LogP contribution >= 0.6 is 0 Å². The maximum atomic E-state index is 2.55. The van der Waals surface area contributed by atoms with Crippen molar-refractivity contribution in [1.82, 2.24) is 0 Å². The van der Waals surface area contributed by atoms with Gasteiger partial charge in [0, 0.05) is 22.2 Å². The van der Waals surface area contributed by atoms with Crippen molar-refractivity contribution >= 4 is 38.6 Å². The van der Waals surface area contributed by atoms with E-state index in [1.807, 2.05) is 0 Å². The summed E-state index contributed by atoms with van der Waals surface area (Å²) in [5, 5.41) is 5.11. The summed E-state index contributed by atoms with van der Waals surface area (Å²) >= 11 is 0. The van der Waals surface area contributed by atoms with Crippen LogP contribution in [0.5, 0.6) is 0 Å². The zero-order valence-electron chi connectivity index (χ0n) is 34.6. The Morgan fingerprint density at radius 3 is 1.66 bits per heavy atom. The Morgan fingerprint density at radius 2 is 0.871 bits per heavy atom. The van der Waals surface area contributed by atoms with Gasteiger partial charge in [0.15, 0.2) is 0 Å². The fourth-order valence-electron chi connectivity index (χ4n) is 11.0. The van der Waals surface area contributed by atoms with Gasteiger partial charge in [0.1, 0.15) is 0 Å². The van der Waals surface area contributed by atoms with E-state index in [1.54, 1.807) is 0 Å². The summed E-state index contributed by atoms with van der Waals surface area (Å²) in [6.45, 7) is 0. The minimum atomic E-state index is 0.0616. The molecule has 0 radical (unpaired) electrons. The molecular weight excluding hydrogens is 747 g/mol. The Labute approximate surface area is 364 Å². The molecule has 0 saturated heterocycles. The van der Waals surface area contributed by atoms with Gasteiger partial charge in [0.05, 0.1) is 11.4 Å². The number of hydrogen-bond acceptors (Lipinski definition) is 1. The maximum Gasteiger partial charge on any atom is 0.0543 e. The van der Waals surface area contributed by atoms with Crippen molar-refractivity contribution in [3.05, 3.63) is 236 Å². The molecule has 0 amide bonds. The molecule has 12 rings (SSSR count). The van der Waals surface area contributed by atoms with Gasteiger partial charge >= 0.3 is 0 Å². The minimum Gasteiger partial charge on any atom is -0.309 e. The van der Waals surface area contributed by atoms with Crippen molar-refractivity contribution < 1.29 is 0 Å². The van der Waals surface area contributed by atoms with E-state index in [2.05, 4.69) is 229 Å². The standard InChI is InChI=1S/C61H45N/c1-2-17-43(18-3-1)49-21-6-7-22-51(49)52-23-8-9-24-53(52)54-25-11-13-29-58(54)62(59-30-16-28-57-60(59)55-26-10-12-27-56(55)61(57)39-14-15-40-61)47-36-33-42(34-37-47)45-35-38-50-46(41-45)32-31-44-19-4-5-20-48(44)50/h1-13,16-38,41H,14-15,39-40H2. The van der Waals surface area contributed by atoms with E-state index in [9.17, 15) is 0 Å². The average Bonchev–Trinajstić information content (AvgIpc) is 3.96. The van der Waals surface area contributed by atoms with Crippen molar-refractivity contribution in [2.75, 3.05) is 4.90 Å². The fraction of sp³-hybridized carbons (Fsp3) is 0.0820. The third-order valence-electron chi connectivity index (χ3n) is 13.8. The highest BCUT2D eigenvalue weighted by Gasteiger charge is 2.46. The lowest BCUT2D eigenvalue weighted by molar-refractivity contribution is 0.550. The van der Waals surface area contributed by atoms with Crippen molar-refractivity contribution in [3.63, 3.8) is 0 Å². The summed E-state index contributed by atoms with van der Waals surface area (Å²) in [6, 6.07) is 83.4. The molecule has 0 N–H and O–H groups in total. The van der Waals surface area contributed by atoms with Crippen LogP contribution < -0.4 is 4.90 Å². The Bertz CT molecular complexity index is 3300. The quantitative estimate of drug-likeness (QED) is 0.145. The normalized spacial score (nSPS) is 13.7. The molecule has 1 saturated carbocycles. The SMILES string of the molecule is c1ccc(-c2ccccc2-c2ccccc2-c2ccccc2N(c2ccc(-c3ccc4c(ccc5ccccc54)c3)cc2)c2cccc3c2-c2ccccc2C32CCCC2)cc1. The van der Waals surface area contributed by atoms with Gasteiger partial charge in [-0.05, 0) is 120 Å². The van der Waals surface area contributed by atoms with Crippen LogP contribution in [0.3, 0.4) is 0 Å². The first kappa shape index (κ1) is 36.4. The maximum absolute atomic E-state index is 2.55. The van der Waals surface area contributed by atoms with Gasteiger partial charge in [-0.25, -0.2) is 0 Å². The lowest BCUT2D eigenvalue weighted by Crippen LogP contribution is -2.20. The molecule has 0 unspecified atom stereocenters. The molecule has 1 fully saturated rings. The second-order valence-corrected chi connectivity index (χ2v) is 17.1. The molecule has 0 aliphatic heterocycles. The zero-order valence-corrected chi connectivity index (χ0v) is 34.6. The molecular formula is C61H45N. The Hall–Kier alpha value is -7.48. The van der Waals surface area contributed by atoms with Crippen molar-refractivity contribution in [3.8, 4) is 55.6 Å². The van der Waals surface area contributed by atoms with E-state index in [4.69, 9.17) is 0 Å². The van der Waals surface area contributed by atoms with Crippen molar-refractivity contribution in [2.45, 2.75) is 31.1 Å². The van der Waals surface area contributed by atoms with Crippen LogP contribution in [0.25, 0.3) is 77.2 Å². The highest BCUT2D eigenvalue weighted by Crippen LogP contribution is 2.60. The van der Waals surface area contributed by atoms with E-state index in [0.29, 0.717) is 0 Å². The van der Waals surface area contributed by atoms with E-state index in [1.165, 1.54) is 120 Å². The van der Waals surface area contributed by atoms with Gasteiger partial charge in [0.25, 0.3) is 0 Å². The van der Waals surface area contributed by atoms with E-state index >= 15 is 0 Å². The molecule has 0 atom stereocenters. The molecule has 2 aliphatic rings. The van der Waals surface area contributed by atoms with Gasteiger partial charge in [0.2, 0.25) is 0 Å². The van der Waals surface area contributed by atoms with Gasteiger partial charge in [-0.15, -0.1) is 0 Å². The number of hydrogen-bond donors (Lipinski definition) is 0. The van der Waals surface area contributed by atoms with E-state index in [-0.39, 0.29) is 5.41 Å². The third-order valence-corrected chi connectivity index (χ3v) is 13.8. The summed E-state index contributed by atoms with van der Waals surface area (Å²) in [4.78, 5) is 2.55. The van der Waals surface area contributed by atoms with Crippen LogP contribution in [0.1, 0.15) is 36.8 Å². The molecule has 10 aromatic carbocycles. The van der Waals surface area contributed by atoms with Crippen LogP contribution in [0.4, 0.5) is 17.1 Å². The monoisotopic (exact) mass is 791 g/mol. The van der Waals surface area contributed by atoms with Crippen LogP contribution in [-0.2, 0) is 5.41 Å². The first-order chi connectivity index (χ1) is 30.7. The zero-order chi connectivity index (χ0) is 41.0. The average molecular weight is 792 g/mol. The summed E-state index contributed by atoms with van der Waals surface area (Å²) in [5.41, 5.74) is 19.0. The smallest absolute Gasteiger partial charge is 0.0543 e. The first-order valence-corrected chi connectivity index (χ1v) is 22.1. The molecule has 1 spiro atoms. The lowest BCUT2D eigenvalue weighted by atomic mass is 9.77. The molecule has 62 heavy (non-hydrogen) atoms. The Kier molecular flexibility index (Phi) is 8.75. The van der Waals surface area contributed by atoms with Crippen LogP contribution in [0.2, 0.25) is 0 Å². The third kappa shape index (κ3) is 5.84. The number of nitrogens with zero attached hydrogens (tertiary/aromatic N) is 1. The highest BCUT2D eigenvalue weighted by atomic mass is 15.1. The summed E-state index contributed by atoms with van der Waals surface area (Å²) in [7, 11) is 0. The second kappa shape index (κ2) is 14.9. The summed E-state index contributed by atoms with van der Waals surface area (Å²) < 4.78 is 0. The highest BCUT2D eigenvalue weighted by molar-refractivity contribution is 6.08. The molecule has 1 heteroatoms. The second-order valence-electron chi connectivity index (χ2n) is 17.1. The predicted molar refractivity (Wildman–Crippen MR) is 263 cm³/mol. The molecule has 10 aromatic rings. The molecule has 2 aliphatic carbocycles. The number of fused-ring (bicyclic) bond motifs is 8.